The van der Waals surface area contributed by atoms with E-state index < -0.39 is 29.6 Å². The van der Waals surface area contributed by atoms with Crippen molar-refractivity contribution in [3.05, 3.63) is 35.9 Å². The highest BCUT2D eigenvalue weighted by Crippen LogP contribution is 2.35. The van der Waals surface area contributed by atoms with Crippen LogP contribution in [0.1, 0.15) is 51.5 Å². The van der Waals surface area contributed by atoms with Gasteiger partial charge >= 0.3 is 5.97 Å². The van der Waals surface area contributed by atoms with E-state index in [2.05, 4.69) is 5.32 Å². The van der Waals surface area contributed by atoms with Crippen molar-refractivity contribution in [2.24, 2.45) is 11.7 Å². The Morgan fingerprint density at radius 2 is 2.04 bits per heavy atom. The van der Waals surface area contributed by atoms with Crippen LogP contribution in [0.4, 0.5) is 0 Å². The Bertz CT molecular complexity index is 613. The van der Waals surface area contributed by atoms with Gasteiger partial charge in [-0.3, -0.25) is 9.59 Å². The largest absolute Gasteiger partial charge is 0.461 e. The molecule has 0 saturated heterocycles. The molecule has 1 amide bonds. The molecule has 7 heteroatoms. The molecule has 4 N–H and O–H groups in total. The van der Waals surface area contributed by atoms with Crippen molar-refractivity contribution in [2.75, 3.05) is 0 Å². The fourth-order valence-corrected chi connectivity index (χ4v) is 3.65. The van der Waals surface area contributed by atoms with E-state index >= 15 is 0 Å². The van der Waals surface area contributed by atoms with Crippen molar-refractivity contribution in [3.63, 3.8) is 0 Å². The minimum Gasteiger partial charge on any atom is -0.461 e. The molecule has 0 aliphatic heterocycles. The van der Waals surface area contributed by atoms with E-state index in [0.29, 0.717) is 25.7 Å². The van der Waals surface area contributed by atoms with E-state index in [4.69, 9.17) is 10.5 Å². The van der Waals surface area contributed by atoms with Gasteiger partial charge in [-0.15, -0.1) is 12.4 Å². The molecule has 1 aromatic rings. The first-order valence-corrected chi connectivity index (χ1v) is 9.36. The van der Waals surface area contributed by atoms with Gasteiger partial charge in [0.2, 0.25) is 5.91 Å². The minimum atomic E-state index is -1.09. The molecule has 152 valence electrons. The Kier molecular flexibility index (Phi) is 9.22. The lowest BCUT2D eigenvalue weighted by Crippen LogP contribution is -2.68. The van der Waals surface area contributed by atoms with Gasteiger partial charge in [0.15, 0.2) is 0 Å². The maximum Gasteiger partial charge on any atom is 0.311 e. The number of esters is 1. The van der Waals surface area contributed by atoms with Crippen molar-refractivity contribution in [2.45, 2.75) is 70.2 Å². The average Bonchev–Trinajstić information content (AvgIpc) is 2.64. The van der Waals surface area contributed by atoms with Crippen molar-refractivity contribution < 1.29 is 19.4 Å². The van der Waals surface area contributed by atoms with Crippen molar-refractivity contribution in [1.82, 2.24) is 5.32 Å². The predicted octanol–water partition coefficient (Wildman–Crippen LogP) is 2.31. The van der Waals surface area contributed by atoms with E-state index in [1.165, 1.54) is 0 Å². The fraction of sp³-hybridized carbons (Fsp3) is 0.600. The molecule has 0 aromatic heterocycles. The molecule has 6 nitrogen and oxygen atoms in total. The number of aliphatic hydroxyl groups is 1. The Labute approximate surface area is 167 Å². The van der Waals surface area contributed by atoms with Gasteiger partial charge in [-0.05, 0) is 38.2 Å². The molecule has 0 heterocycles. The third kappa shape index (κ3) is 5.67. The number of rotatable bonds is 7. The van der Waals surface area contributed by atoms with Crippen LogP contribution in [0.3, 0.4) is 0 Å². The molecule has 2 unspecified atom stereocenters. The normalized spacial score (nSPS) is 25.8. The number of carbonyl (C=O) groups excluding carboxylic acids is 2. The highest BCUT2D eigenvalue weighted by atomic mass is 35.5. The zero-order valence-electron chi connectivity index (χ0n) is 16.0. The molecule has 1 aromatic carbocycles. The van der Waals surface area contributed by atoms with Gasteiger partial charge in [0.25, 0.3) is 0 Å². The second-order valence-electron chi connectivity index (χ2n) is 7.15. The lowest BCUT2D eigenvalue weighted by atomic mass is 9.69. The molecule has 1 aliphatic rings. The minimum absolute atomic E-state index is 0. The SMILES string of the molecule is CCCC(=O)N[C@]1(C(C)C(=O)OCc2ccccc2)CCC[C@@H](N)C1O.Cl. The number of hydrogen-bond acceptors (Lipinski definition) is 5. The van der Waals surface area contributed by atoms with E-state index in [9.17, 15) is 14.7 Å². The summed E-state index contributed by atoms with van der Waals surface area (Å²) in [5.74, 6) is -1.32. The zero-order chi connectivity index (χ0) is 19.2. The maximum absolute atomic E-state index is 12.7. The average molecular weight is 399 g/mol. The molecule has 1 saturated carbocycles. The number of amides is 1. The fourth-order valence-electron chi connectivity index (χ4n) is 3.65. The van der Waals surface area contributed by atoms with Gasteiger partial charge in [0.1, 0.15) is 6.61 Å². The summed E-state index contributed by atoms with van der Waals surface area (Å²) in [7, 11) is 0. The lowest BCUT2D eigenvalue weighted by Gasteiger charge is -2.47. The third-order valence-electron chi connectivity index (χ3n) is 5.26. The summed E-state index contributed by atoms with van der Waals surface area (Å²) in [6.45, 7) is 3.76. The van der Waals surface area contributed by atoms with E-state index in [1.54, 1.807) is 6.92 Å². The smallest absolute Gasteiger partial charge is 0.311 e. The highest BCUT2D eigenvalue weighted by Gasteiger charge is 2.51. The first kappa shape index (κ1) is 23.4. The first-order valence-electron chi connectivity index (χ1n) is 9.36. The van der Waals surface area contributed by atoms with E-state index in [0.717, 1.165) is 12.0 Å². The Morgan fingerprint density at radius 3 is 2.67 bits per heavy atom. The summed E-state index contributed by atoms with van der Waals surface area (Å²) >= 11 is 0. The number of nitrogens with two attached hydrogens (primary N) is 1. The number of hydrogen-bond donors (Lipinski definition) is 3. The van der Waals surface area contributed by atoms with Gasteiger partial charge in [0, 0.05) is 12.5 Å². The van der Waals surface area contributed by atoms with Crippen LogP contribution in [0.25, 0.3) is 0 Å². The third-order valence-corrected chi connectivity index (χ3v) is 5.26. The molecular formula is C20H31ClN2O4. The molecule has 0 radical (unpaired) electrons. The molecule has 0 bridgehead atoms. The molecule has 27 heavy (non-hydrogen) atoms. The summed E-state index contributed by atoms with van der Waals surface area (Å²) in [6, 6.07) is 8.93. The molecule has 1 aliphatic carbocycles. The summed E-state index contributed by atoms with van der Waals surface area (Å²) in [6.07, 6.45) is 1.95. The topological polar surface area (TPSA) is 102 Å². The molecule has 2 rings (SSSR count). The summed E-state index contributed by atoms with van der Waals surface area (Å²) in [5, 5.41) is 13.7. The van der Waals surface area contributed by atoms with Crippen LogP contribution in [0.2, 0.25) is 0 Å². The molecule has 0 spiro atoms. The maximum atomic E-state index is 12.7. The molecular weight excluding hydrogens is 368 g/mol. The first-order chi connectivity index (χ1) is 12.4. The van der Waals surface area contributed by atoms with Gasteiger partial charge < -0.3 is 20.9 Å². The Balaban J connectivity index is 0.00000364. The quantitative estimate of drug-likeness (QED) is 0.612. The van der Waals surface area contributed by atoms with Crippen LogP contribution in [0.5, 0.6) is 0 Å². The number of ether oxygens (including phenoxy) is 1. The van der Waals surface area contributed by atoms with Gasteiger partial charge in [-0.1, -0.05) is 37.3 Å². The summed E-state index contributed by atoms with van der Waals surface area (Å²) in [4.78, 5) is 24.9. The van der Waals surface area contributed by atoms with E-state index in [-0.39, 0.29) is 24.9 Å². The Hall–Kier alpha value is -1.63. The van der Waals surface area contributed by atoms with Crippen molar-refractivity contribution >= 4 is 24.3 Å². The molecule has 1 fully saturated rings. The van der Waals surface area contributed by atoms with Gasteiger partial charge in [-0.2, -0.15) is 0 Å². The second kappa shape index (κ2) is 10.6. The standard InChI is InChI=1S/C20H30N2O4.ClH/c1-3-8-17(23)22-20(12-7-11-16(21)18(20)24)14(2)19(25)26-13-15-9-5-4-6-10-15;/h4-6,9-10,14,16,18,24H,3,7-8,11-13,21H2,1-2H3,(H,22,23);1H/t14?,16-,18?,20+;/m1./s1. The van der Waals surface area contributed by atoms with Crippen LogP contribution in [-0.2, 0) is 20.9 Å². The summed E-state index contributed by atoms with van der Waals surface area (Å²) < 4.78 is 5.45. The zero-order valence-corrected chi connectivity index (χ0v) is 16.8. The van der Waals surface area contributed by atoms with Gasteiger partial charge in [-0.25, -0.2) is 0 Å². The van der Waals surface area contributed by atoms with Crippen molar-refractivity contribution in [1.29, 1.82) is 0 Å². The van der Waals surface area contributed by atoms with Gasteiger partial charge in [0.05, 0.1) is 17.6 Å². The highest BCUT2D eigenvalue weighted by molar-refractivity contribution is 5.85. The van der Waals surface area contributed by atoms with Crippen LogP contribution in [-0.4, -0.2) is 34.7 Å². The van der Waals surface area contributed by atoms with Crippen LogP contribution in [0.15, 0.2) is 30.3 Å². The number of nitrogens with one attached hydrogen (secondary N) is 1. The Morgan fingerprint density at radius 1 is 1.37 bits per heavy atom. The lowest BCUT2D eigenvalue weighted by molar-refractivity contribution is -0.157. The second-order valence-corrected chi connectivity index (χ2v) is 7.15. The number of aliphatic hydroxyl groups excluding tert-OH is 1. The number of carbonyl (C=O) groups is 2. The van der Waals surface area contributed by atoms with Crippen molar-refractivity contribution in [3.8, 4) is 0 Å². The van der Waals surface area contributed by atoms with E-state index in [1.807, 2.05) is 37.3 Å². The van der Waals surface area contributed by atoms with Crippen LogP contribution in [0, 0.1) is 5.92 Å². The van der Waals surface area contributed by atoms with Crippen LogP contribution >= 0.6 is 12.4 Å². The summed E-state index contributed by atoms with van der Waals surface area (Å²) in [5.41, 5.74) is 5.85. The number of benzene rings is 1. The number of halogens is 1. The molecule has 4 atom stereocenters. The predicted molar refractivity (Wildman–Crippen MR) is 106 cm³/mol. The van der Waals surface area contributed by atoms with Crippen LogP contribution < -0.4 is 11.1 Å². The monoisotopic (exact) mass is 398 g/mol.